The van der Waals surface area contributed by atoms with Gasteiger partial charge >= 0.3 is 17.9 Å². The SMILES string of the molecule is CCS[C@@H]1O[C@H](COC(c2ccccc2)(c2ccccc2)c2ccccc2)[C@H](OC(C)=O)[C@H](OC(C)=O)[C@H]1OC(C)=O. The summed E-state index contributed by atoms with van der Waals surface area (Å²) in [6, 6.07) is 29.5. The molecule has 0 amide bonds. The molecule has 0 saturated carbocycles. The molecule has 0 aliphatic carbocycles. The third kappa shape index (κ3) is 7.21. The molecule has 0 bridgehead atoms. The maximum absolute atomic E-state index is 12.3. The Bertz CT molecular complexity index is 1220. The second-order valence-corrected chi connectivity index (χ2v) is 11.2. The van der Waals surface area contributed by atoms with Crippen LogP contribution < -0.4 is 0 Å². The molecule has 0 aromatic heterocycles. The lowest BCUT2D eigenvalue weighted by Gasteiger charge is -2.45. The van der Waals surface area contributed by atoms with E-state index in [-0.39, 0.29) is 6.61 Å². The molecule has 1 fully saturated rings. The van der Waals surface area contributed by atoms with E-state index in [4.69, 9.17) is 23.7 Å². The summed E-state index contributed by atoms with van der Waals surface area (Å²) in [6.07, 6.45) is -4.09. The minimum atomic E-state index is -1.11. The van der Waals surface area contributed by atoms with Gasteiger partial charge in [0.15, 0.2) is 18.3 Å². The van der Waals surface area contributed by atoms with Crippen molar-refractivity contribution in [3.05, 3.63) is 108 Å². The first-order valence-electron chi connectivity index (χ1n) is 13.9. The maximum Gasteiger partial charge on any atom is 0.303 e. The molecule has 3 aromatic carbocycles. The zero-order valence-corrected chi connectivity index (χ0v) is 25.0. The van der Waals surface area contributed by atoms with Crippen LogP contribution in [0, 0.1) is 0 Å². The van der Waals surface area contributed by atoms with E-state index in [1.165, 1.54) is 32.5 Å². The Kier molecular flexibility index (Phi) is 10.8. The van der Waals surface area contributed by atoms with Crippen LogP contribution in [0.3, 0.4) is 0 Å². The molecular formula is C33H36O8S. The third-order valence-corrected chi connectivity index (χ3v) is 7.87. The van der Waals surface area contributed by atoms with Crippen molar-refractivity contribution in [3.8, 4) is 0 Å². The number of esters is 3. The second-order valence-electron chi connectivity index (χ2n) is 9.81. The number of carbonyl (C=O) groups is 3. The third-order valence-electron chi connectivity index (χ3n) is 6.83. The summed E-state index contributed by atoms with van der Waals surface area (Å²) < 4.78 is 30.4. The summed E-state index contributed by atoms with van der Waals surface area (Å²) in [5, 5.41) is 0. The van der Waals surface area contributed by atoms with E-state index >= 15 is 0 Å². The van der Waals surface area contributed by atoms with Gasteiger partial charge in [-0.05, 0) is 22.4 Å². The highest BCUT2D eigenvalue weighted by Gasteiger charge is 2.52. The van der Waals surface area contributed by atoms with E-state index in [0.717, 1.165) is 16.7 Å². The van der Waals surface area contributed by atoms with Gasteiger partial charge in [0.05, 0.1) is 6.61 Å². The lowest BCUT2D eigenvalue weighted by molar-refractivity contribution is -0.241. The molecule has 0 unspecified atom stereocenters. The van der Waals surface area contributed by atoms with Crippen molar-refractivity contribution in [2.24, 2.45) is 0 Å². The van der Waals surface area contributed by atoms with Gasteiger partial charge in [-0.2, -0.15) is 0 Å². The van der Waals surface area contributed by atoms with Crippen LogP contribution in [0.1, 0.15) is 44.4 Å². The summed E-state index contributed by atoms with van der Waals surface area (Å²) in [5.41, 5.74) is 0.886. The van der Waals surface area contributed by atoms with Crippen LogP contribution in [0.4, 0.5) is 0 Å². The van der Waals surface area contributed by atoms with Crippen LogP contribution >= 0.6 is 11.8 Å². The number of rotatable bonds is 11. The Morgan fingerprint density at radius 2 is 1.07 bits per heavy atom. The van der Waals surface area contributed by atoms with Crippen molar-refractivity contribution < 1.29 is 38.1 Å². The van der Waals surface area contributed by atoms with Gasteiger partial charge in [-0.15, -0.1) is 11.8 Å². The average molecular weight is 593 g/mol. The van der Waals surface area contributed by atoms with Gasteiger partial charge in [0, 0.05) is 20.8 Å². The monoisotopic (exact) mass is 592 g/mol. The van der Waals surface area contributed by atoms with Gasteiger partial charge in [0.25, 0.3) is 0 Å². The first-order valence-corrected chi connectivity index (χ1v) is 14.9. The van der Waals surface area contributed by atoms with Crippen LogP contribution in [-0.2, 0) is 43.7 Å². The van der Waals surface area contributed by atoms with E-state index in [1.54, 1.807) is 0 Å². The smallest absolute Gasteiger partial charge is 0.303 e. The second kappa shape index (κ2) is 14.5. The van der Waals surface area contributed by atoms with Crippen molar-refractivity contribution in [2.75, 3.05) is 12.4 Å². The minimum Gasteiger partial charge on any atom is -0.456 e. The Balaban J connectivity index is 1.81. The highest BCUT2D eigenvalue weighted by molar-refractivity contribution is 7.99. The fourth-order valence-corrected chi connectivity index (χ4v) is 6.21. The van der Waals surface area contributed by atoms with Gasteiger partial charge in [0.1, 0.15) is 17.1 Å². The molecule has 9 heteroatoms. The standard InChI is InChI=1S/C33H36O8S/c1-5-42-32-31(40-24(4)36)30(39-23(3)35)29(38-22(2)34)28(41-32)21-37-33(25-15-9-6-10-16-25,26-17-11-7-12-18-26)27-19-13-8-14-20-27/h6-20,28-32H,5,21H2,1-4H3/t28-,29+,30+,31-,32+/m1/s1. The number of benzene rings is 3. The quantitative estimate of drug-likeness (QED) is 0.168. The minimum absolute atomic E-state index is 0.0536. The lowest BCUT2D eigenvalue weighted by atomic mass is 9.80. The van der Waals surface area contributed by atoms with Crippen molar-refractivity contribution >= 4 is 29.7 Å². The van der Waals surface area contributed by atoms with Crippen LogP contribution in [-0.4, -0.2) is 60.1 Å². The molecule has 8 nitrogen and oxygen atoms in total. The first-order chi connectivity index (χ1) is 20.3. The molecule has 1 saturated heterocycles. The number of carbonyl (C=O) groups excluding carboxylic acids is 3. The van der Waals surface area contributed by atoms with Crippen LogP contribution in [0.15, 0.2) is 91.0 Å². The summed E-state index contributed by atoms with van der Waals surface area (Å²) in [7, 11) is 0. The van der Waals surface area contributed by atoms with Crippen LogP contribution in [0.25, 0.3) is 0 Å². The van der Waals surface area contributed by atoms with Crippen molar-refractivity contribution in [1.82, 2.24) is 0 Å². The Labute approximate surface area is 250 Å². The molecule has 5 atom stereocenters. The Morgan fingerprint density at radius 1 is 0.667 bits per heavy atom. The van der Waals surface area contributed by atoms with Gasteiger partial charge < -0.3 is 23.7 Å². The van der Waals surface area contributed by atoms with Gasteiger partial charge in [-0.1, -0.05) is 97.9 Å². The fraction of sp³-hybridized carbons (Fsp3) is 0.364. The molecule has 4 rings (SSSR count). The topological polar surface area (TPSA) is 97.4 Å². The predicted molar refractivity (Wildman–Crippen MR) is 159 cm³/mol. The van der Waals surface area contributed by atoms with Crippen LogP contribution in [0.2, 0.25) is 0 Å². The lowest BCUT2D eigenvalue weighted by Crippen LogP contribution is -2.61. The highest BCUT2D eigenvalue weighted by atomic mass is 32.2. The maximum atomic E-state index is 12.3. The molecule has 0 spiro atoms. The average Bonchev–Trinajstić information content (AvgIpc) is 2.98. The summed E-state index contributed by atoms with van der Waals surface area (Å²) in [6.45, 7) is 5.67. The molecule has 3 aromatic rings. The van der Waals surface area contributed by atoms with E-state index in [9.17, 15) is 14.4 Å². The Hall–Kier alpha value is -3.66. The summed E-state index contributed by atoms with van der Waals surface area (Å²) in [4.78, 5) is 36.6. The molecule has 222 valence electrons. The summed E-state index contributed by atoms with van der Waals surface area (Å²) >= 11 is 1.39. The first kappa shape index (κ1) is 31.3. The van der Waals surface area contributed by atoms with Gasteiger partial charge in [-0.25, -0.2) is 0 Å². The molecule has 42 heavy (non-hydrogen) atoms. The fourth-order valence-electron chi connectivity index (χ4n) is 5.26. The van der Waals surface area contributed by atoms with Crippen molar-refractivity contribution in [1.29, 1.82) is 0 Å². The van der Waals surface area contributed by atoms with E-state index in [0.29, 0.717) is 5.75 Å². The number of hydrogen-bond donors (Lipinski definition) is 0. The normalized spacial score (nSPS) is 22.1. The highest BCUT2D eigenvalue weighted by Crippen LogP contribution is 2.42. The van der Waals surface area contributed by atoms with Crippen molar-refractivity contribution in [3.63, 3.8) is 0 Å². The summed E-state index contributed by atoms with van der Waals surface area (Å²) in [5.74, 6) is -1.16. The molecule has 0 N–H and O–H groups in total. The zero-order valence-electron chi connectivity index (χ0n) is 24.1. The molecule has 0 radical (unpaired) electrons. The zero-order chi connectivity index (χ0) is 30.1. The van der Waals surface area contributed by atoms with Crippen molar-refractivity contribution in [2.45, 2.75) is 63.1 Å². The number of ether oxygens (including phenoxy) is 5. The molecular weight excluding hydrogens is 556 g/mol. The van der Waals surface area contributed by atoms with Gasteiger partial charge in [0.2, 0.25) is 0 Å². The van der Waals surface area contributed by atoms with E-state index < -0.39 is 53.4 Å². The molecule has 1 aliphatic heterocycles. The largest absolute Gasteiger partial charge is 0.456 e. The Morgan fingerprint density at radius 3 is 1.48 bits per heavy atom. The predicted octanol–water partition coefficient (Wildman–Crippen LogP) is 5.27. The van der Waals surface area contributed by atoms with Gasteiger partial charge in [-0.3, -0.25) is 14.4 Å². The van der Waals surface area contributed by atoms with E-state index in [1.807, 2.05) is 97.9 Å². The molecule has 1 aliphatic rings. The van der Waals surface area contributed by atoms with Crippen LogP contribution in [0.5, 0.6) is 0 Å². The molecule has 1 heterocycles. The number of thioether (sulfide) groups is 1. The van der Waals surface area contributed by atoms with E-state index in [2.05, 4.69) is 0 Å². The number of hydrogen-bond acceptors (Lipinski definition) is 9.